The fraction of sp³-hybridized carbons (Fsp3) is 0.357. The first-order chi connectivity index (χ1) is 9.42. The molecule has 0 atom stereocenters. The molecule has 0 unspecified atom stereocenters. The zero-order valence-corrected chi connectivity index (χ0v) is 10.7. The highest BCUT2D eigenvalue weighted by Gasteiger charge is 2.11. The standard InChI is InChI=1S/C14H17N3O2/c1-2-13(17-4-6-18-7-5-17)8-14(3-1)19-10-12-9-15-11-16-12/h1-3,8-9,11H,4-7,10H2,(H,15,16). The van der Waals surface area contributed by atoms with Gasteiger partial charge in [0.1, 0.15) is 12.4 Å². The van der Waals surface area contributed by atoms with E-state index in [2.05, 4.69) is 27.0 Å². The van der Waals surface area contributed by atoms with Crippen LogP contribution in [0.25, 0.3) is 0 Å². The van der Waals surface area contributed by atoms with E-state index in [1.54, 1.807) is 12.5 Å². The number of nitrogens with zero attached hydrogens (tertiary/aromatic N) is 2. The van der Waals surface area contributed by atoms with Crippen molar-refractivity contribution in [3.8, 4) is 5.75 Å². The molecule has 19 heavy (non-hydrogen) atoms. The van der Waals surface area contributed by atoms with Crippen molar-refractivity contribution in [3.05, 3.63) is 42.5 Å². The number of hydrogen-bond acceptors (Lipinski definition) is 4. The maximum Gasteiger partial charge on any atom is 0.130 e. The van der Waals surface area contributed by atoms with E-state index in [1.165, 1.54) is 5.69 Å². The lowest BCUT2D eigenvalue weighted by Crippen LogP contribution is -2.36. The Bertz CT molecular complexity index is 507. The maximum atomic E-state index is 5.75. The summed E-state index contributed by atoms with van der Waals surface area (Å²) in [6.45, 7) is 3.96. The number of H-pyrrole nitrogens is 1. The van der Waals surface area contributed by atoms with Gasteiger partial charge in [0.15, 0.2) is 0 Å². The highest BCUT2D eigenvalue weighted by Crippen LogP contribution is 2.22. The molecule has 0 amide bonds. The van der Waals surface area contributed by atoms with Crippen molar-refractivity contribution >= 4 is 5.69 Å². The largest absolute Gasteiger partial charge is 0.487 e. The van der Waals surface area contributed by atoms with Crippen LogP contribution in [0, 0.1) is 0 Å². The van der Waals surface area contributed by atoms with E-state index in [1.807, 2.05) is 12.1 Å². The lowest BCUT2D eigenvalue weighted by Gasteiger charge is -2.29. The van der Waals surface area contributed by atoms with Crippen LogP contribution < -0.4 is 9.64 Å². The molecule has 2 heterocycles. The topological polar surface area (TPSA) is 50.4 Å². The first-order valence-electron chi connectivity index (χ1n) is 6.44. The average Bonchev–Trinajstić information content (AvgIpc) is 3.00. The van der Waals surface area contributed by atoms with Gasteiger partial charge >= 0.3 is 0 Å². The van der Waals surface area contributed by atoms with E-state index in [9.17, 15) is 0 Å². The highest BCUT2D eigenvalue weighted by atomic mass is 16.5. The van der Waals surface area contributed by atoms with Crippen molar-refractivity contribution in [1.82, 2.24) is 9.97 Å². The zero-order chi connectivity index (χ0) is 12.9. The number of anilines is 1. The monoisotopic (exact) mass is 259 g/mol. The highest BCUT2D eigenvalue weighted by molar-refractivity contribution is 5.51. The molecule has 1 saturated heterocycles. The molecule has 1 N–H and O–H groups in total. The summed E-state index contributed by atoms with van der Waals surface area (Å²) >= 11 is 0. The Labute approximate surface area is 112 Å². The lowest BCUT2D eigenvalue weighted by molar-refractivity contribution is 0.122. The van der Waals surface area contributed by atoms with Crippen molar-refractivity contribution in [1.29, 1.82) is 0 Å². The maximum absolute atomic E-state index is 5.75. The van der Waals surface area contributed by atoms with Crippen LogP contribution >= 0.6 is 0 Å². The predicted octanol–water partition coefficient (Wildman–Crippen LogP) is 1.83. The van der Waals surface area contributed by atoms with Crippen molar-refractivity contribution in [2.45, 2.75) is 6.61 Å². The molecule has 0 radical (unpaired) electrons. The number of aromatic nitrogens is 2. The van der Waals surface area contributed by atoms with Gasteiger partial charge in [-0.1, -0.05) is 6.07 Å². The molecule has 0 aliphatic carbocycles. The number of imidazole rings is 1. The van der Waals surface area contributed by atoms with E-state index in [0.29, 0.717) is 6.61 Å². The summed E-state index contributed by atoms with van der Waals surface area (Å²) in [6.07, 6.45) is 3.43. The van der Waals surface area contributed by atoms with Crippen molar-refractivity contribution in [2.75, 3.05) is 31.2 Å². The summed E-state index contributed by atoms with van der Waals surface area (Å²) in [5.74, 6) is 0.874. The fourth-order valence-corrected chi connectivity index (χ4v) is 2.12. The van der Waals surface area contributed by atoms with Gasteiger partial charge in [-0.25, -0.2) is 4.98 Å². The first kappa shape index (κ1) is 12.0. The molecule has 1 aromatic heterocycles. The molecule has 3 rings (SSSR count). The molecule has 0 bridgehead atoms. The van der Waals surface area contributed by atoms with E-state index in [-0.39, 0.29) is 0 Å². The molecule has 1 aliphatic heterocycles. The summed E-state index contributed by atoms with van der Waals surface area (Å²) < 4.78 is 11.1. The molecular formula is C14H17N3O2. The number of aromatic amines is 1. The van der Waals surface area contributed by atoms with Crippen LogP contribution in [0.5, 0.6) is 5.75 Å². The number of ether oxygens (including phenoxy) is 2. The van der Waals surface area contributed by atoms with Crippen molar-refractivity contribution < 1.29 is 9.47 Å². The van der Waals surface area contributed by atoms with Crippen LogP contribution in [0.3, 0.4) is 0 Å². The van der Waals surface area contributed by atoms with Gasteiger partial charge in [0.2, 0.25) is 0 Å². The van der Waals surface area contributed by atoms with Crippen LogP contribution in [-0.2, 0) is 11.3 Å². The third-order valence-corrected chi connectivity index (χ3v) is 3.14. The zero-order valence-electron chi connectivity index (χ0n) is 10.7. The molecular weight excluding hydrogens is 242 g/mol. The van der Waals surface area contributed by atoms with Gasteiger partial charge in [-0.2, -0.15) is 0 Å². The summed E-state index contributed by atoms with van der Waals surface area (Å²) in [7, 11) is 0. The van der Waals surface area contributed by atoms with Crippen LogP contribution in [0.1, 0.15) is 5.69 Å². The van der Waals surface area contributed by atoms with Gasteiger partial charge in [0.05, 0.1) is 31.4 Å². The van der Waals surface area contributed by atoms with Crippen molar-refractivity contribution in [2.24, 2.45) is 0 Å². The smallest absolute Gasteiger partial charge is 0.130 e. The number of rotatable bonds is 4. The van der Waals surface area contributed by atoms with Gasteiger partial charge in [0, 0.05) is 24.8 Å². The summed E-state index contributed by atoms with van der Waals surface area (Å²) in [5, 5.41) is 0. The first-order valence-corrected chi connectivity index (χ1v) is 6.44. The predicted molar refractivity (Wildman–Crippen MR) is 72.4 cm³/mol. The second-order valence-electron chi connectivity index (χ2n) is 4.46. The normalized spacial score (nSPS) is 15.5. The Morgan fingerprint density at radius 2 is 2.21 bits per heavy atom. The van der Waals surface area contributed by atoms with Crippen LogP contribution in [-0.4, -0.2) is 36.3 Å². The van der Waals surface area contributed by atoms with E-state index < -0.39 is 0 Å². The summed E-state index contributed by atoms with van der Waals surface area (Å²) in [5.41, 5.74) is 2.15. The Hall–Kier alpha value is -2.01. The Morgan fingerprint density at radius 1 is 1.32 bits per heavy atom. The second-order valence-corrected chi connectivity index (χ2v) is 4.46. The van der Waals surface area contributed by atoms with Crippen molar-refractivity contribution in [3.63, 3.8) is 0 Å². The number of benzene rings is 1. The van der Waals surface area contributed by atoms with Crippen LogP contribution in [0.4, 0.5) is 5.69 Å². The van der Waals surface area contributed by atoms with Gasteiger partial charge in [0.25, 0.3) is 0 Å². The Kier molecular flexibility index (Phi) is 3.65. The van der Waals surface area contributed by atoms with Gasteiger partial charge in [-0.3, -0.25) is 0 Å². The number of hydrogen-bond donors (Lipinski definition) is 1. The molecule has 0 saturated carbocycles. The molecule has 5 heteroatoms. The second kappa shape index (κ2) is 5.75. The molecule has 100 valence electrons. The van der Waals surface area contributed by atoms with Gasteiger partial charge in [-0.15, -0.1) is 0 Å². The molecule has 2 aromatic rings. The molecule has 1 aliphatic rings. The van der Waals surface area contributed by atoms with E-state index in [0.717, 1.165) is 37.7 Å². The van der Waals surface area contributed by atoms with E-state index >= 15 is 0 Å². The minimum Gasteiger partial charge on any atom is -0.487 e. The Morgan fingerprint density at radius 3 is 3.00 bits per heavy atom. The van der Waals surface area contributed by atoms with E-state index in [4.69, 9.17) is 9.47 Å². The number of morpholine rings is 1. The minimum atomic E-state index is 0.507. The molecule has 5 nitrogen and oxygen atoms in total. The summed E-state index contributed by atoms with van der Waals surface area (Å²) in [4.78, 5) is 9.30. The number of nitrogens with one attached hydrogen (secondary N) is 1. The Balaban J connectivity index is 1.65. The molecule has 1 fully saturated rings. The SMILES string of the molecule is c1cc(OCc2cnc[nH]2)cc(N2CCOCC2)c1. The minimum absolute atomic E-state index is 0.507. The summed E-state index contributed by atoms with van der Waals surface area (Å²) in [6, 6.07) is 8.17. The van der Waals surface area contributed by atoms with Crippen LogP contribution in [0.15, 0.2) is 36.8 Å². The molecule has 0 spiro atoms. The fourth-order valence-electron chi connectivity index (χ4n) is 2.12. The third-order valence-electron chi connectivity index (χ3n) is 3.14. The van der Waals surface area contributed by atoms with Gasteiger partial charge in [-0.05, 0) is 12.1 Å². The quantitative estimate of drug-likeness (QED) is 0.910. The van der Waals surface area contributed by atoms with Gasteiger partial charge < -0.3 is 19.4 Å². The lowest BCUT2D eigenvalue weighted by atomic mass is 10.2. The van der Waals surface area contributed by atoms with Crippen LogP contribution in [0.2, 0.25) is 0 Å². The molecule has 1 aromatic carbocycles. The third kappa shape index (κ3) is 3.06. The average molecular weight is 259 g/mol.